The lowest BCUT2D eigenvalue weighted by molar-refractivity contribution is -0.904. The van der Waals surface area contributed by atoms with Gasteiger partial charge < -0.3 is 23.9 Å². The number of esters is 1. The number of halogens is 1. The molecule has 0 unspecified atom stereocenters. The number of carbonyl (C=O) groups excluding carboxylic acids is 2. The van der Waals surface area contributed by atoms with Crippen LogP contribution in [-0.2, 0) is 19.0 Å². The third kappa shape index (κ3) is 10.8. The standard InChI is InChI=1S/C7H18N.C3H4BClO6/c1-5-8(4,6-2)7-3;5-1-10-2(6)3(7)11-4(8)9/h5-7H2,1-4H3;8-9H,1H2/q+1;. The van der Waals surface area contributed by atoms with Gasteiger partial charge in [0.05, 0.1) is 26.7 Å². The second-order valence-electron chi connectivity index (χ2n) is 3.84. The van der Waals surface area contributed by atoms with Gasteiger partial charge in [-0.25, -0.2) is 9.59 Å². The second-order valence-corrected chi connectivity index (χ2v) is 4.06. The van der Waals surface area contributed by atoms with E-state index in [0.717, 1.165) is 0 Å². The van der Waals surface area contributed by atoms with E-state index in [1.807, 2.05) is 0 Å². The van der Waals surface area contributed by atoms with Gasteiger partial charge in [-0.15, -0.1) is 0 Å². The lowest BCUT2D eigenvalue weighted by Crippen LogP contribution is -2.42. The van der Waals surface area contributed by atoms with E-state index in [1.165, 1.54) is 24.1 Å². The number of quaternary nitrogens is 1. The number of rotatable bonds is 5. The van der Waals surface area contributed by atoms with Crippen LogP contribution in [0.3, 0.4) is 0 Å². The molecular weight excluding hydrogens is 276 g/mol. The molecule has 0 spiro atoms. The van der Waals surface area contributed by atoms with Crippen molar-refractivity contribution in [3.8, 4) is 0 Å². The maximum Gasteiger partial charge on any atom is 0.709 e. The van der Waals surface area contributed by atoms with E-state index in [9.17, 15) is 9.59 Å². The zero-order valence-electron chi connectivity index (χ0n) is 11.8. The predicted molar refractivity (Wildman–Crippen MR) is 70.9 cm³/mol. The van der Waals surface area contributed by atoms with Gasteiger partial charge >= 0.3 is 19.3 Å². The third-order valence-electron chi connectivity index (χ3n) is 2.86. The van der Waals surface area contributed by atoms with Crippen LogP contribution in [0.1, 0.15) is 20.8 Å². The first-order valence-electron chi connectivity index (χ1n) is 5.89. The Balaban J connectivity index is 0. The van der Waals surface area contributed by atoms with Crippen molar-refractivity contribution in [1.29, 1.82) is 0 Å². The second kappa shape index (κ2) is 11.0. The van der Waals surface area contributed by atoms with Crippen molar-refractivity contribution in [2.45, 2.75) is 20.8 Å². The molecule has 0 aliphatic carbocycles. The monoisotopic (exact) mass is 298 g/mol. The highest BCUT2D eigenvalue weighted by atomic mass is 35.5. The van der Waals surface area contributed by atoms with Crippen LogP contribution in [0.4, 0.5) is 0 Å². The van der Waals surface area contributed by atoms with E-state index in [-0.39, 0.29) is 0 Å². The van der Waals surface area contributed by atoms with Crippen molar-refractivity contribution < 1.29 is 33.5 Å². The van der Waals surface area contributed by atoms with E-state index in [2.05, 4.69) is 37.2 Å². The summed E-state index contributed by atoms with van der Waals surface area (Å²) >= 11 is 4.90. The highest BCUT2D eigenvalue weighted by molar-refractivity contribution is 6.43. The quantitative estimate of drug-likeness (QED) is 0.239. The Hall–Kier alpha value is -0.825. The normalized spacial score (nSPS) is 10.1. The fraction of sp³-hybridized carbons (Fsp3) is 0.800. The molecule has 19 heavy (non-hydrogen) atoms. The van der Waals surface area contributed by atoms with E-state index in [4.69, 9.17) is 21.6 Å². The summed E-state index contributed by atoms with van der Waals surface area (Å²) in [5.41, 5.74) is 0. The zero-order chi connectivity index (χ0) is 15.5. The average Bonchev–Trinajstić information content (AvgIpc) is 2.38. The Morgan fingerprint density at radius 1 is 1.11 bits per heavy atom. The summed E-state index contributed by atoms with van der Waals surface area (Å²) in [6.07, 6.45) is 0. The summed E-state index contributed by atoms with van der Waals surface area (Å²) in [6, 6.07) is -0.505. The van der Waals surface area contributed by atoms with Gasteiger partial charge in [-0.2, -0.15) is 0 Å². The van der Waals surface area contributed by atoms with Gasteiger partial charge in [-0.1, -0.05) is 11.6 Å². The first-order chi connectivity index (χ1) is 8.76. The molecule has 0 radical (unpaired) electrons. The van der Waals surface area contributed by atoms with Crippen molar-refractivity contribution in [2.75, 3.05) is 32.7 Å². The van der Waals surface area contributed by atoms with Crippen LogP contribution in [-0.4, -0.2) is 66.5 Å². The molecule has 0 heterocycles. The Labute approximate surface area is 118 Å². The predicted octanol–water partition coefficient (Wildman–Crippen LogP) is -0.269. The van der Waals surface area contributed by atoms with Crippen molar-refractivity contribution in [3.05, 3.63) is 0 Å². The summed E-state index contributed by atoms with van der Waals surface area (Å²) in [7, 11) is -0.0367. The Morgan fingerprint density at radius 3 is 1.74 bits per heavy atom. The first-order valence-corrected chi connectivity index (χ1v) is 6.43. The molecule has 0 aromatic rings. The molecule has 0 saturated heterocycles. The van der Waals surface area contributed by atoms with Gasteiger partial charge in [-0.05, 0) is 20.8 Å². The fourth-order valence-corrected chi connectivity index (χ4v) is 1.02. The number of carbonyl (C=O) groups is 2. The maximum absolute atomic E-state index is 10.3. The molecule has 2 N–H and O–H groups in total. The summed E-state index contributed by atoms with van der Waals surface area (Å²) in [6.45, 7) is 10.5. The molecule has 0 aromatic heterocycles. The summed E-state index contributed by atoms with van der Waals surface area (Å²) in [5, 5.41) is 16.0. The minimum absolute atomic E-state index is 0.505. The Bertz CT molecular complexity index is 264. The third-order valence-corrected chi connectivity index (χ3v) is 2.96. The lowest BCUT2D eigenvalue weighted by Gasteiger charge is -2.30. The zero-order valence-corrected chi connectivity index (χ0v) is 12.5. The largest absolute Gasteiger partial charge is 0.709 e. The topological polar surface area (TPSA) is 93.1 Å². The van der Waals surface area contributed by atoms with Gasteiger partial charge in [0.15, 0.2) is 6.07 Å². The average molecular weight is 299 g/mol. The van der Waals surface area contributed by atoms with Crippen LogP contribution in [0.2, 0.25) is 0 Å². The SMILES string of the molecule is CC[N+](C)(CC)CC.O=C(OCCl)C(=O)OB(O)O. The van der Waals surface area contributed by atoms with Gasteiger partial charge in [0.1, 0.15) is 0 Å². The highest BCUT2D eigenvalue weighted by Gasteiger charge is 2.23. The fourth-order valence-electron chi connectivity index (χ4n) is 0.923. The molecule has 0 bridgehead atoms. The molecule has 0 rings (SSSR count). The molecule has 0 atom stereocenters. The minimum atomic E-state index is -2.33. The number of ether oxygens (including phenoxy) is 1. The van der Waals surface area contributed by atoms with Crippen LogP contribution in [0.15, 0.2) is 0 Å². The molecule has 0 aliphatic rings. The number of alkyl halides is 1. The number of nitrogens with zero attached hydrogens (tertiary/aromatic N) is 1. The van der Waals surface area contributed by atoms with Gasteiger partial charge in [0, 0.05) is 0 Å². The molecule has 7 nitrogen and oxygen atoms in total. The van der Waals surface area contributed by atoms with Crippen molar-refractivity contribution in [2.24, 2.45) is 0 Å². The van der Waals surface area contributed by atoms with E-state index < -0.39 is 25.3 Å². The number of hydrogen-bond donors (Lipinski definition) is 2. The molecule has 0 saturated carbocycles. The summed E-state index contributed by atoms with van der Waals surface area (Å²) in [5.74, 6) is -2.89. The van der Waals surface area contributed by atoms with E-state index in [1.54, 1.807) is 0 Å². The molecular formula is C10H22BClNO6+. The van der Waals surface area contributed by atoms with Crippen molar-refractivity contribution in [1.82, 2.24) is 0 Å². The smallest absolute Gasteiger partial charge is 0.476 e. The van der Waals surface area contributed by atoms with E-state index >= 15 is 0 Å². The Kier molecular flexibility index (Phi) is 11.9. The molecule has 0 fully saturated rings. The van der Waals surface area contributed by atoms with Gasteiger partial charge in [0.2, 0.25) is 0 Å². The van der Waals surface area contributed by atoms with Crippen LogP contribution >= 0.6 is 11.6 Å². The van der Waals surface area contributed by atoms with Crippen LogP contribution in [0.5, 0.6) is 0 Å². The Morgan fingerprint density at radius 2 is 1.53 bits per heavy atom. The lowest BCUT2D eigenvalue weighted by atomic mass is 10.3. The molecule has 0 aliphatic heterocycles. The van der Waals surface area contributed by atoms with Crippen LogP contribution in [0, 0.1) is 0 Å². The highest BCUT2D eigenvalue weighted by Crippen LogP contribution is 1.97. The molecule has 112 valence electrons. The molecule has 0 aromatic carbocycles. The summed E-state index contributed by atoms with van der Waals surface area (Å²) in [4.78, 5) is 20.5. The number of hydrogen-bond acceptors (Lipinski definition) is 6. The van der Waals surface area contributed by atoms with E-state index in [0.29, 0.717) is 0 Å². The van der Waals surface area contributed by atoms with Crippen molar-refractivity contribution >= 4 is 30.9 Å². The van der Waals surface area contributed by atoms with Crippen LogP contribution in [0.25, 0.3) is 0 Å². The van der Waals surface area contributed by atoms with Gasteiger partial charge in [-0.3, -0.25) is 0 Å². The molecule has 9 heteroatoms. The van der Waals surface area contributed by atoms with Crippen molar-refractivity contribution in [3.63, 3.8) is 0 Å². The van der Waals surface area contributed by atoms with Gasteiger partial charge in [0.25, 0.3) is 0 Å². The molecule has 0 amide bonds. The van der Waals surface area contributed by atoms with Crippen LogP contribution < -0.4 is 0 Å². The minimum Gasteiger partial charge on any atom is -0.476 e. The summed E-state index contributed by atoms with van der Waals surface area (Å²) < 4.78 is 8.75. The maximum atomic E-state index is 10.3. The first kappa shape index (κ1) is 20.5.